The summed E-state index contributed by atoms with van der Waals surface area (Å²) in [4.78, 5) is 21.8. The normalized spacial score (nSPS) is 13.4. The molecule has 1 fully saturated rings. The number of hydrogen-bond donors (Lipinski definition) is 1. The zero-order valence-corrected chi connectivity index (χ0v) is 22.6. The lowest BCUT2D eigenvalue weighted by Gasteiger charge is -2.14. The summed E-state index contributed by atoms with van der Waals surface area (Å²) in [5, 5.41) is 6.56. The van der Waals surface area contributed by atoms with Crippen LogP contribution < -0.4 is 5.32 Å². The van der Waals surface area contributed by atoms with Crippen molar-refractivity contribution in [1.82, 2.24) is 14.5 Å². The van der Waals surface area contributed by atoms with Crippen LogP contribution in [0.15, 0.2) is 46.6 Å². The number of ketones is 1. The molecule has 2 aromatic carbocycles. The molecule has 0 aliphatic heterocycles. The van der Waals surface area contributed by atoms with Crippen LogP contribution in [0.3, 0.4) is 0 Å². The number of imidazole rings is 1. The molecule has 10 heteroatoms. The fraction of sp³-hybridized carbons (Fsp3) is 0.346. The number of carbonyl (C=O) groups is 1. The Morgan fingerprint density at radius 1 is 1.31 bits per heavy atom. The lowest BCUT2D eigenvalue weighted by molar-refractivity contribution is 0.0738. The highest BCUT2D eigenvalue weighted by Crippen LogP contribution is 2.31. The minimum Gasteiger partial charge on any atom is -0.373 e. The molecule has 0 unspecified atom stereocenters. The first kappa shape index (κ1) is 25.3. The van der Waals surface area contributed by atoms with Gasteiger partial charge in [-0.05, 0) is 48.9 Å². The predicted molar refractivity (Wildman–Crippen MR) is 145 cm³/mol. The van der Waals surface area contributed by atoms with Crippen molar-refractivity contribution < 1.29 is 13.9 Å². The van der Waals surface area contributed by atoms with E-state index in [0.717, 1.165) is 41.0 Å². The van der Waals surface area contributed by atoms with E-state index in [4.69, 9.17) is 16.3 Å². The second-order valence-corrected chi connectivity index (χ2v) is 11.2. The molecule has 188 valence electrons. The van der Waals surface area contributed by atoms with E-state index in [2.05, 4.69) is 31.2 Å². The van der Waals surface area contributed by atoms with Crippen LogP contribution >= 0.6 is 38.9 Å². The highest BCUT2D eigenvalue weighted by Gasteiger charge is 2.25. The quantitative estimate of drug-likeness (QED) is 0.146. The van der Waals surface area contributed by atoms with Crippen LogP contribution in [0.4, 0.5) is 9.52 Å². The average Bonchev–Trinajstić information content (AvgIpc) is 3.35. The first-order chi connectivity index (χ1) is 17.5. The van der Waals surface area contributed by atoms with Gasteiger partial charge in [0, 0.05) is 51.7 Å². The summed E-state index contributed by atoms with van der Waals surface area (Å²) in [7, 11) is 0. The number of hydrogen-bond acceptors (Lipinski definition) is 6. The van der Waals surface area contributed by atoms with Crippen LogP contribution in [-0.4, -0.2) is 40.1 Å². The van der Waals surface area contributed by atoms with E-state index in [-0.39, 0.29) is 24.3 Å². The first-order valence-corrected chi connectivity index (χ1v) is 13.9. The zero-order valence-electron chi connectivity index (χ0n) is 19.5. The van der Waals surface area contributed by atoms with Crippen molar-refractivity contribution >= 4 is 60.8 Å². The monoisotopic (exact) mass is 590 g/mol. The standard InChI is InChI=1S/C26H25BrClFN4O2S/c27-18-5-4-17(21(28)11-18)10-20-19(23(34)14-35-13-16-2-3-16)12-22-25(24(20)29)32-15-33(22)8-1-6-30-26-31-7-9-36-26/h4-5,7,9,11-12,15-16H,1-3,6,8,10,13-14H2,(H,30,31). The number of nitrogens with zero attached hydrogens (tertiary/aromatic N) is 3. The number of benzene rings is 2. The zero-order chi connectivity index (χ0) is 25.1. The largest absolute Gasteiger partial charge is 0.373 e. The Bertz CT molecular complexity index is 1370. The highest BCUT2D eigenvalue weighted by molar-refractivity contribution is 9.10. The van der Waals surface area contributed by atoms with E-state index in [0.29, 0.717) is 40.7 Å². The molecule has 36 heavy (non-hydrogen) atoms. The molecule has 6 nitrogen and oxygen atoms in total. The van der Waals surface area contributed by atoms with E-state index in [9.17, 15) is 4.79 Å². The summed E-state index contributed by atoms with van der Waals surface area (Å²) in [6, 6.07) is 7.21. The van der Waals surface area contributed by atoms with Gasteiger partial charge in [-0.1, -0.05) is 33.6 Å². The summed E-state index contributed by atoms with van der Waals surface area (Å²) in [5.74, 6) is -0.188. The van der Waals surface area contributed by atoms with E-state index < -0.39 is 5.82 Å². The number of ether oxygens (including phenoxy) is 1. The lowest BCUT2D eigenvalue weighted by Crippen LogP contribution is -2.15. The number of thiazole rings is 1. The second kappa shape index (κ2) is 11.4. The molecule has 1 saturated carbocycles. The van der Waals surface area contributed by atoms with Crippen molar-refractivity contribution in [3.63, 3.8) is 0 Å². The fourth-order valence-electron chi connectivity index (χ4n) is 4.09. The van der Waals surface area contributed by atoms with Gasteiger partial charge < -0.3 is 14.6 Å². The molecular weight excluding hydrogens is 567 g/mol. The molecule has 0 amide bonds. The molecular formula is C26H25BrClFN4O2S. The van der Waals surface area contributed by atoms with E-state index in [1.54, 1.807) is 36.0 Å². The average molecular weight is 592 g/mol. The minimum atomic E-state index is -0.489. The van der Waals surface area contributed by atoms with Gasteiger partial charge in [0.1, 0.15) is 12.1 Å². The Balaban J connectivity index is 1.42. The molecule has 0 bridgehead atoms. The molecule has 5 rings (SSSR count). The van der Waals surface area contributed by atoms with Crippen LogP contribution in [0.2, 0.25) is 5.02 Å². The number of aryl methyl sites for hydroxylation is 1. The van der Waals surface area contributed by atoms with E-state index in [1.807, 2.05) is 22.1 Å². The molecule has 0 saturated heterocycles. The maximum absolute atomic E-state index is 15.9. The Hall–Kier alpha value is -2.33. The summed E-state index contributed by atoms with van der Waals surface area (Å²) < 4.78 is 24.3. The molecule has 0 radical (unpaired) electrons. The third-order valence-electron chi connectivity index (χ3n) is 6.21. The molecule has 1 aliphatic carbocycles. The number of rotatable bonds is 12. The Labute approximate surface area is 226 Å². The number of nitrogens with one attached hydrogen (secondary N) is 1. The smallest absolute Gasteiger partial charge is 0.188 e. The van der Waals surface area contributed by atoms with Crippen molar-refractivity contribution in [2.75, 3.05) is 25.1 Å². The van der Waals surface area contributed by atoms with Crippen LogP contribution in [0.5, 0.6) is 0 Å². The van der Waals surface area contributed by atoms with Crippen LogP contribution in [0.1, 0.15) is 40.7 Å². The Kier molecular flexibility index (Phi) is 8.00. The highest BCUT2D eigenvalue weighted by atomic mass is 79.9. The maximum atomic E-state index is 15.9. The molecule has 1 aliphatic rings. The molecule has 1 N–H and O–H groups in total. The second-order valence-electron chi connectivity index (χ2n) is 8.93. The number of anilines is 1. The van der Waals surface area contributed by atoms with Gasteiger partial charge >= 0.3 is 0 Å². The van der Waals surface area contributed by atoms with Gasteiger partial charge in [0.15, 0.2) is 16.7 Å². The van der Waals surface area contributed by atoms with E-state index in [1.165, 1.54) is 0 Å². The van der Waals surface area contributed by atoms with Crippen molar-refractivity contribution in [2.24, 2.45) is 5.92 Å². The topological polar surface area (TPSA) is 69.0 Å². The number of halogens is 3. The third-order valence-corrected chi connectivity index (χ3v) is 7.78. The Morgan fingerprint density at radius 2 is 2.17 bits per heavy atom. The van der Waals surface area contributed by atoms with Crippen molar-refractivity contribution in [3.05, 3.63) is 74.2 Å². The summed E-state index contributed by atoms with van der Waals surface area (Å²) >= 11 is 11.4. The SMILES string of the molecule is O=C(COCC1CC1)c1cc2c(ncn2CCCNc2nccs2)c(F)c1Cc1ccc(Br)cc1Cl. The van der Waals surface area contributed by atoms with Gasteiger partial charge in [0.2, 0.25) is 0 Å². The van der Waals surface area contributed by atoms with Crippen molar-refractivity contribution in [1.29, 1.82) is 0 Å². The number of carbonyl (C=O) groups excluding carboxylic acids is 1. The molecule has 0 spiro atoms. The van der Waals surface area contributed by atoms with E-state index >= 15 is 4.39 Å². The molecule has 2 heterocycles. The fourth-order valence-corrected chi connectivity index (χ4v) is 5.39. The summed E-state index contributed by atoms with van der Waals surface area (Å²) in [6.07, 6.45) is 6.63. The molecule has 0 atom stereocenters. The number of fused-ring (bicyclic) bond motifs is 1. The van der Waals surface area contributed by atoms with Crippen LogP contribution in [0, 0.1) is 11.7 Å². The van der Waals surface area contributed by atoms with Crippen LogP contribution in [0.25, 0.3) is 11.0 Å². The molecule has 4 aromatic rings. The van der Waals surface area contributed by atoms with Crippen LogP contribution in [-0.2, 0) is 17.7 Å². The minimum absolute atomic E-state index is 0.0750. The predicted octanol–water partition coefficient (Wildman–Crippen LogP) is 6.75. The van der Waals surface area contributed by atoms with Gasteiger partial charge in [0.05, 0.1) is 18.5 Å². The van der Waals surface area contributed by atoms with Crippen molar-refractivity contribution in [2.45, 2.75) is 32.2 Å². The van der Waals surface area contributed by atoms with Crippen molar-refractivity contribution in [3.8, 4) is 0 Å². The molecule has 2 aromatic heterocycles. The third kappa shape index (κ3) is 5.96. The Morgan fingerprint density at radius 3 is 2.92 bits per heavy atom. The summed E-state index contributed by atoms with van der Waals surface area (Å²) in [5.41, 5.74) is 2.19. The van der Waals surface area contributed by atoms with Gasteiger partial charge in [0.25, 0.3) is 0 Å². The first-order valence-electron chi connectivity index (χ1n) is 11.8. The lowest BCUT2D eigenvalue weighted by atomic mass is 9.95. The van der Waals surface area contributed by atoms with Gasteiger partial charge in [-0.3, -0.25) is 4.79 Å². The maximum Gasteiger partial charge on any atom is 0.188 e. The van der Waals surface area contributed by atoms with Gasteiger partial charge in [-0.15, -0.1) is 11.3 Å². The number of Topliss-reactive ketones (excluding diaryl/α,β-unsaturated/α-hetero) is 1. The number of aromatic nitrogens is 3. The van der Waals surface area contributed by atoms with Gasteiger partial charge in [-0.2, -0.15) is 0 Å². The summed E-state index contributed by atoms with van der Waals surface area (Å²) in [6.45, 7) is 1.83. The van der Waals surface area contributed by atoms with Gasteiger partial charge in [-0.25, -0.2) is 14.4 Å².